The highest BCUT2D eigenvalue weighted by molar-refractivity contribution is 6.36. The molecule has 0 saturated heterocycles. The van der Waals surface area contributed by atoms with E-state index in [1.165, 1.54) is 6.20 Å². The number of anilines is 2. The average Bonchev–Trinajstić information content (AvgIpc) is 3.57. The van der Waals surface area contributed by atoms with Gasteiger partial charge in [0.05, 0.1) is 41.4 Å². The fourth-order valence-corrected chi connectivity index (χ4v) is 4.45. The number of nitrogens with zero attached hydrogens (tertiary/aromatic N) is 5. The van der Waals surface area contributed by atoms with Gasteiger partial charge in [-0.05, 0) is 42.0 Å². The molecule has 4 aromatic rings. The van der Waals surface area contributed by atoms with Gasteiger partial charge < -0.3 is 10.6 Å². The first-order chi connectivity index (χ1) is 17.6. The van der Waals surface area contributed by atoms with E-state index >= 15 is 0 Å². The molecule has 184 valence electrons. The Morgan fingerprint density at radius 2 is 2.00 bits per heavy atom. The number of fused-ring (bicyclic) bond motifs is 1. The van der Waals surface area contributed by atoms with E-state index in [-0.39, 0.29) is 5.41 Å². The Balaban J connectivity index is 1.64. The molecule has 0 bridgehead atoms. The minimum Gasteiger partial charge on any atom is -0.383 e. The molecular formula is C27H27Cl2N7. The van der Waals surface area contributed by atoms with Gasteiger partial charge in [-0.3, -0.25) is 4.98 Å². The number of aromatic nitrogens is 4. The first-order valence-corrected chi connectivity index (χ1v) is 12.6. The van der Waals surface area contributed by atoms with E-state index in [0.717, 1.165) is 12.8 Å². The molecule has 2 N–H and O–H groups in total. The van der Waals surface area contributed by atoms with Crippen molar-refractivity contribution in [3.8, 4) is 6.07 Å². The third-order valence-electron chi connectivity index (χ3n) is 5.94. The van der Waals surface area contributed by atoms with Crippen LogP contribution in [0.15, 0.2) is 48.8 Å². The minimum absolute atomic E-state index is 0.0181. The molecular weight excluding hydrogens is 493 g/mol. The van der Waals surface area contributed by atoms with E-state index in [9.17, 15) is 6.63 Å². The number of nitriles is 1. The number of rotatable bonds is 7. The van der Waals surface area contributed by atoms with E-state index in [1.54, 1.807) is 24.4 Å². The zero-order valence-electron chi connectivity index (χ0n) is 21.3. The summed E-state index contributed by atoms with van der Waals surface area (Å²) < 4.78 is 11.4. The third-order valence-corrected chi connectivity index (χ3v) is 6.56. The fourth-order valence-electron chi connectivity index (χ4n) is 3.95. The lowest BCUT2D eigenvalue weighted by Crippen LogP contribution is -2.20. The summed E-state index contributed by atoms with van der Waals surface area (Å²) in [6, 6.07) is 11.8. The minimum atomic E-state index is -1.55. The van der Waals surface area contributed by atoms with Crippen molar-refractivity contribution in [2.75, 3.05) is 17.2 Å². The quantitative estimate of drug-likeness (QED) is 0.272. The van der Waals surface area contributed by atoms with E-state index in [0.29, 0.717) is 61.7 Å². The van der Waals surface area contributed by atoms with Crippen molar-refractivity contribution in [1.82, 2.24) is 20.0 Å². The molecule has 2 aromatic carbocycles. The Morgan fingerprint density at radius 1 is 1.22 bits per heavy atom. The highest BCUT2D eigenvalue weighted by Gasteiger charge is 2.28. The van der Waals surface area contributed by atoms with Gasteiger partial charge in [-0.2, -0.15) is 5.26 Å². The summed E-state index contributed by atoms with van der Waals surface area (Å²) in [4.78, 5) is 4.44. The van der Waals surface area contributed by atoms with Crippen molar-refractivity contribution >= 4 is 45.5 Å². The lowest BCUT2D eigenvalue weighted by Gasteiger charge is -2.22. The zero-order valence-corrected chi connectivity index (χ0v) is 21.8. The summed E-state index contributed by atoms with van der Waals surface area (Å²) in [5.41, 5.74) is 3.13. The second kappa shape index (κ2) is 9.61. The predicted molar refractivity (Wildman–Crippen MR) is 145 cm³/mol. The molecule has 1 atom stereocenters. The molecule has 0 spiro atoms. The molecule has 0 radical (unpaired) electrons. The van der Waals surface area contributed by atoms with Crippen LogP contribution in [0.3, 0.4) is 0 Å². The maximum atomic E-state index is 9.77. The predicted octanol–water partition coefficient (Wildman–Crippen LogP) is 7.00. The van der Waals surface area contributed by atoms with Gasteiger partial charge in [0, 0.05) is 28.8 Å². The number of nitrogens with one attached hydrogen (secondary N) is 2. The third kappa shape index (κ3) is 5.11. The summed E-state index contributed by atoms with van der Waals surface area (Å²) in [6.45, 7) is 6.98. The van der Waals surface area contributed by atoms with Crippen molar-refractivity contribution < 1.29 is 1.37 Å². The number of hydrogen-bond donors (Lipinski definition) is 2. The molecule has 5 rings (SSSR count). The van der Waals surface area contributed by atoms with Crippen LogP contribution in [0.2, 0.25) is 10.0 Å². The normalized spacial score (nSPS) is 15.7. The molecule has 0 aliphatic heterocycles. The lowest BCUT2D eigenvalue weighted by atomic mass is 9.96. The molecule has 9 heteroatoms. The van der Waals surface area contributed by atoms with Gasteiger partial charge in [-0.15, -0.1) is 5.10 Å². The van der Waals surface area contributed by atoms with E-state index in [2.05, 4.69) is 52.8 Å². The van der Waals surface area contributed by atoms with Crippen molar-refractivity contribution in [3.63, 3.8) is 0 Å². The van der Waals surface area contributed by atoms with E-state index < -0.39 is 6.02 Å². The molecule has 1 aliphatic rings. The molecule has 0 amide bonds. The van der Waals surface area contributed by atoms with Crippen LogP contribution >= 0.6 is 23.2 Å². The topological polar surface area (TPSA) is 91.5 Å². The van der Waals surface area contributed by atoms with Gasteiger partial charge in [0.2, 0.25) is 0 Å². The Bertz CT molecular complexity index is 1520. The van der Waals surface area contributed by atoms with Gasteiger partial charge in [-0.1, -0.05) is 67.4 Å². The summed E-state index contributed by atoms with van der Waals surface area (Å²) in [6.07, 6.45) is 5.43. The van der Waals surface area contributed by atoms with Crippen LogP contribution in [0.25, 0.3) is 10.9 Å². The molecule has 2 heterocycles. The SMILES string of the molecule is [2H][C@](Nc1cc(Cl)c2ncc(C#N)c(NCC(C)(C)C)c2c1)(c1cn(C2CC2)nn1)c1ccccc1Cl. The Hall–Kier alpha value is -3.34. The Kier molecular flexibility index (Phi) is 6.16. The summed E-state index contributed by atoms with van der Waals surface area (Å²) in [5.74, 6) is 0. The molecule has 0 unspecified atom stereocenters. The average molecular weight is 521 g/mol. The standard InChI is InChI=1S/C27H27Cl2N7/c1-27(2,3)15-32-24-16(12-30)13-31-25-20(24)10-17(11-22(25)29)33-26(19-6-4-5-7-21(19)28)23-14-36(35-34-23)18-8-9-18/h4-7,10-11,13-14,18,26,33H,8-9,15H2,1-3H3,(H,31,32)/t26-/m1/s1/i26D. The van der Waals surface area contributed by atoms with E-state index in [1.807, 2.05) is 22.9 Å². The van der Waals surface area contributed by atoms with E-state index in [4.69, 9.17) is 23.2 Å². The Morgan fingerprint density at radius 3 is 2.69 bits per heavy atom. The van der Waals surface area contributed by atoms with Gasteiger partial charge in [0.15, 0.2) is 0 Å². The van der Waals surface area contributed by atoms with Gasteiger partial charge in [0.1, 0.15) is 11.8 Å². The fraction of sp³-hybridized carbons (Fsp3) is 0.333. The van der Waals surface area contributed by atoms with Gasteiger partial charge >= 0.3 is 0 Å². The smallest absolute Gasteiger partial charge is 0.110 e. The summed E-state index contributed by atoms with van der Waals surface area (Å²) in [7, 11) is 0. The number of halogens is 2. The molecule has 36 heavy (non-hydrogen) atoms. The van der Waals surface area contributed by atoms with Gasteiger partial charge in [-0.25, -0.2) is 4.68 Å². The monoisotopic (exact) mass is 520 g/mol. The van der Waals surface area contributed by atoms with Crippen LogP contribution in [0.1, 0.15) is 63.9 Å². The van der Waals surface area contributed by atoms with Crippen LogP contribution in [0, 0.1) is 16.7 Å². The summed E-state index contributed by atoms with van der Waals surface area (Å²) in [5, 5.41) is 26.6. The molecule has 1 saturated carbocycles. The first kappa shape index (κ1) is 23.1. The van der Waals surface area contributed by atoms with Crippen LogP contribution < -0.4 is 10.6 Å². The number of pyridine rings is 1. The van der Waals surface area contributed by atoms with Crippen LogP contribution in [0.5, 0.6) is 0 Å². The number of benzene rings is 2. The van der Waals surface area contributed by atoms with Crippen LogP contribution in [-0.2, 0) is 0 Å². The Labute approximate surface area is 221 Å². The van der Waals surface area contributed by atoms with Crippen molar-refractivity contribution in [2.24, 2.45) is 5.41 Å². The van der Waals surface area contributed by atoms with Crippen molar-refractivity contribution in [3.05, 3.63) is 75.7 Å². The summed E-state index contributed by atoms with van der Waals surface area (Å²) >= 11 is 13.3. The highest BCUT2D eigenvalue weighted by atomic mass is 35.5. The van der Waals surface area contributed by atoms with Crippen LogP contribution in [-0.4, -0.2) is 26.5 Å². The molecule has 2 aromatic heterocycles. The maximum absolute atomic E-state index is 9.77. The van der Waals surface area contributed by atoms with Crippen molar-refractivity contribution in [2.45, 2.75) is 45.7 Å². The number of hydrogen-bond acceptors (Lipinski definition) is 6. The van der Waals surface area contributed by atoms with Crippen LogP contribution in [0.4, 0.5) is 11.4 Å². The highest BCUT2D eigenvalue weighted by Crippen LogP contribution is 2.38. The zero-order chi connectivity index (χ0) is 26.4. The largest absolute Gasteiger partial charge is 0.383 e. The molecule has 7 nitrogen and oxygen atoms in total. The lowest BCUT2D eigenvalue weighted by molar-refractivity contribution is 0.443. The van der Waals surface area contributed by atoms with Gasteiger partial charge in [0.25, 0.3) is 0 Å². The first-order valence-electron chi connectivity index (χ1n) is 12.3. The molecule has 1 aliphatic carbocycles. The van der Waals surface area contributed by atoms with Crippen molar-refractivity contribution in [1.29, 1.82) is 5.26 Å². The second-order valence-corrected chi connectivity index (χ2v) is 11.0. The second-order valence-electron chi connectivity index (χ2n) is 10.2. The molecule has 1 fully saturated rings. The maximum Gasteiger partial charge on any atom is 0.110 e.